The minimum absolute atomic E-state index is 0.478. The molecule has 0 amide bonds. The Labute approximate surface area is 145 Å². The second kappa shape index (κ2) is 7.18. The Bertz CT molecular complexity index is 888. The smallest absolute Gasteiger partial charge is 0.214 e. The molecule has 1 heterocycles. The van der Waals surface area contributed by atoms with Crippen molar-refractivity contribution in [2.45, 2.75) is 6.54 Å². The maximum Gasteiger partial charge on any atom is 0.214 e. The summed E-state index contributed by atoms with van der Waals surface area (Å²) in [6, 6.07) is 15.5. The van der Waals surface area contributed by atoms with Crippen molar-refractivity contribution < 1.29 is 9.47 Å². The molecular formula is C17H18N4O2S. The van der Waals surface area contributed by atoms with Gasteiger partial charge in [0.05, 0.1) is 26.3 Å². The summed E-state index contributed by atoms with van der Waals surface area (Å²) in [5, 5.41) is 7.14. The first-order chi connectivity index (χ1) is 11.7. The number of nitrogens with zero attached hydrogens (tertiary/aromatic N) is 2. The molecule has 0 fully saturated rings. The standard InChI is InChI=1S/C17H18N4O2S/c1-22-14-9-5-3-7-12(14)11-18-21-16(19-20-17(21)24)13-8-4-6-10-15(13)23-2/h3-10,18H,11H2,1-2H3,(H,20,24). The Kier molecular flexibility index (Phi) is 4.81. The maximum atomic E-state index is 5.41. The Morgan fingerprint density at radius 2 is 1.71 bits per heavy atom. The minimum atomic E-state index is 0.478. The third kappa shape index (κ3) is 3.11. The SMILES string of the molecule is COc1ccccc1CNn1c(-c2ccccc2OC)n[nH]c1=S. The Morgan fingerprint density at radius 3 is 2.46 bits per heavy atom. The van der Waals surface area contributed by atoms with Crippen LogP contribution >= 0.6 is 12.2 Å². The molecule has 7 heteroatoms. The molecule has 0 saturated carbocycles. The van der Waals surface area contributed by atoms with Crippen molar-refractivity contribution in [3.05, 3.63) is 58.9 Å². The van der Waals surface area contributed by atoms with E-state index in [1.807, 2.05) is 48.5 Å². The minimum Gasteiger partial charge on any atom is -0.496 e. The number of H-pyrrole nitrogens is 1. The molecule has 24 heavy (non-hydrogen) atoms. The first-order valence-corrected chi connectivity index (χ1v) is 7.82. The lowest BCUT2D eigenvalue weighted by molar-refractivity contribution is 0.409. The van der Waals surface area contributed by atoms with Crippen LogP contribution in [-0.2, 0) is 6.54 Å². The van der Waals surface area contributed by atoms with Crippen molar-refractivity contribution in [3.63, 3.8) is 0 Å². The van der Waals surface area contributed by atoms with E-state index in [4.69, 9.17) is 21.7 Å². The molecule has 6 nitrogen and oxygen atoms in total. The first kappa shape index (κ1) is 16.1. The van der Waals surface area contributed by atoms with Gasteiger partial charge >= 0.3 is 0 Å². The van der Waals surface area contributed by atoms with Crippen molar-refractivity contribution in [2.24, 2.45) is 0 Å². The van der Waals surface area contributed by atoms with Gasteiger partial charge in [-0.05, 0) is 30.4 Å². The van der Waals surface area contributed by atoms with E-state index >= 15 is 0 Å². The summed E-state index contributed by atoms with van der Waals surface area (Å²) >= 11 is 5.34. The summed E-state index contributed by atoms with van der Waals surface area (Å²) in [5.74, 6) is 2.21. The third-order valence-electron chi connectivity index (χ3n) is 3.64. The number of benzene rings is 2. The first-order valence-electron chi connectivity index (χ1n) is 7.41. The van der Waals surface area contributed by atoms with Crippen LogP contribution in [0.1, 0.15) is 5.56 Å². The van der Waals surface area contributed by atoms with Gasteiger partial charge in [-0.2, -0.15) is 5.10 Å². The lowest BCUT2D eigenvalue weighted by Crippen LogP contribution is -2.16. The van der Waals surface area contributed by atoms with Crippen molar-refractivity contribution in [3.8, 4) is 22.9 Å². The molecular weight excluding hydrogens is 324 g/mol. The average molecular weight is 342 g/mol. The molecule has 0 aliphatic heterocycles. The van der Waals surface area contributed by atoms with E-state index in [1.54, 1.807) is 18.9 Å². The highest BCUT2D eigenvalue weighted by molar-refractivity contribution is 7.71. The number of rotatable bonds is 6. The summed E-state index contributed by atoms with van der Waals surface area (Å²) in [6.07, 6.45) is 0. The van der Waals surface area contributed by atoms with E-state index in [-0.39, 0.29) is 0 Å². The fourth-order valence-electron chi connectivity index (χ4n) is 2.47. The van der Waals surface area contributed by atoms with E-state index in [1.165, 1.54) is 0 Å². The summed E-state index contributed by atoms with van der Waals surface area (Å²) < 4.78 is 13.0. The summed E-state index contributed by atoms with van der Waals surface area (Å²) in [7, 11) is 3.29. The molecule has 2 N–H and O–H groups in total. The van der Waals surface area contributed by atoms with Crippen LogP contribution in [0.4, 0.5) is 0 Å². The molecule has 0 radical (unpaired) electrons. The zero-order valence-corrected chi connectivity index (χ0v) is 14.3. The molecule has 0 atom stereocenters. The molecule has 3 rings (SSSR count). The summed E-state index contributed by atoms with van der Waals surface area (Å²) in [4.78, 5) is 0. The largest absolute Gasteiger partial charge is 0.496 e. The maximum absolute atomic E-state index is 5.41. The Morgan fingerprint density at radius 1 is 1.04 bits per heavy atom. The van der Waals surface area contributed by atoms with Crippen molar-refractivity contribution in [1.82, 2.24) is 14.9 Å². The number of ether oxygens (including phenoxy) is 2. The highest BCUT2D eigenvalue weighted by Gasteiger charge is 2.13. The lowest BCUT2D eigenvalue weighted by Gasteiger charge is -2.13. The van der Waals surface area contributed by atoms with Crippen molar-refractivity contribution in [1.29, 1.82) is 0 Å². The molecule has 0 spiro atoms. The Hall–Kier alpha value is -2.80. The van der Waals surface area contributed by atoms with Crippen LogP contribution in [0.25, 0.3) is 11.4 Å². The molecule has 0 aliphatic rings. The summed E-state index contributed by atoms with van der Waals surface area (Å²) in [5.41, 5.74) is 5.15. The summed E-state index contributed by atoms with van der Waals surface area (Å²) in [6.45, 7) is 0.542. The third-order valence-corrected chi connectivity index (χ3v) is 3.91. The second-order valence-corrected chi connectivity index (χ2v) is 5.42. The molecule has 0 unspecified atom stereocenters. The highest BCUT2D eigenvalue weighted by Crippen LogP contribution is 2.27. The van der Waals surface area contributed by atoms with E-state index in [0.717, 1.165) is 22.6 Å². The topological polar surface area (TPSA) is 64.1 Å². The van der Waals surface area contributed by atoms with E-state index in [0.29, 0.717) is 17.1 Å². The molecule has 0 aliphatic carbocycles. The monoisotopic (exact) mass is 342 g/mol. The number of aromatic nitrogens is 3. The van der Waals surface area contributed by atoms with E-state index in [2.05, 4.69) is 15.6 Å². The van der Waals surface area contributed by atoms with Gasteiger partial charge in [-0.1, -0.05) is 30.3 Å². The van der Waals surface area contributed by atoms with Crippen molar-refractivity contribution >= 4 is 12.2 Å². The van der Waals surface area contributed by atoms with Gasteiger partial charge in [0, 0.05) is 5.56 Å². The van der Waals surface area contributed by atoms with Gasteiger partial charge < -0.3 is 14.9 Å². The fraction of sp³-hybridized carbons (Fsp3) is 0.176. The van der Waals surface area contributed by atoms with Gasteiger partial charge in [0.1, 0.15) is 11.5 Å². The zero-order chi connectivity index (χ0) is 16.9. The lowest BCUT2D eigenvalue weighted by atomic mass is 10.2. The molecule has 1 aromatic heterocycles. The van der Waals surface area contributed by atoms with Crippen molar-refractivity contribution in [2.75, 3.05) is 19.6 Å². The fourth-order valence-corrected chi connectivity index (χ4v) is 2.66. The van der Waals surface area contributed by atoms with Gasteiger partial charge in [0.25, 0.3) is 0 Å². The molecule has 0 saturated heterocycles. The van der Waals surface area contributed by atoms with E-state index in [9.17, 15) is 0 Å². The molecule has 2 aromatic carbocycles. The predicted octanol–water partition coefficient (Wildman–Crippen LogP) is 3.37. The van der Waals surface area contributed by atoms with Gasteiger partial charge in [-0.25, -0.2) is 9.77 Å². The highest BCUT2D eigenvalue weighted by atomic mass is 32.1. The molecule has 0 bridgehead atoms. The quantitative estimate of drug-likeness (QED) is 0.673. The van der Waals surface area contributed by atoms with Crippen LogP contribution in [-0.4, -0.2) is 29.1 Å². The second-order valence-electron chi connectivity index (χ2n) is 5.03. The van der Waals surface area contributed by atoms with Gasteiger partial charge in [0.2, 0.25) is 4.77 Å². The van der Waals surface area contributed by atoms with E-state index < -0.39 is 0 Å². The van der Waals surface area contributed by atoms with Crippen LogP contribution < -0.4 is 14.9 Å². The average Bonchev–Trinajstić information content (AvgIpc) is 3.00. The number of para-hydroxylation sites is 2. The van der Waals surface area contributed by atoms with Crippen LogP contribution in [0.5, 0.6) is 11.5 Å². The number of methoxy groups -OCH3 is 2. The number of hydrogen-bond donors (Lipinski definition) is 2. The van der Waals surface area contributed by atoms with Crippen LogP contribution in [0.15, 0.2) is 48.5 Å². The number of aromatic amines is 1. The number of hydrogen-bond acceptors (Lipinski definition) is 5. The van der Waals surface area contributed by atoms with Crippen LogP contribution in [0.2, 0.25) is 0 Å². The van der Waals surface area contributed by atoms with Crippen LogP contribution in [0.3, 0.4) is 0 Å². The van der Waals surface area contributed by atoms with Gasteiger partial charge in [-0.15, -0.1) is 0 Å². The normalized spacial score (nSPS) is 10.4. The van der Waals surface area contributed by atoms with Crippen LogP contribution in [0, 0.1) is 4.77 Å². The predicted molar refractivity (Wildman–Crippen MR) is 95.5 cm³/mol. The van der Waals surface area contributed by atoms with Gasteiger partial charge in [0.15, 0.2) is 5.82 Å². The zero-order valence-electron chi connectivity index (χ0n) is 13.4. The molecule has 3 aromatic rings. The number of nitrogens with one attached hydrogen (secondary N) is 2. The molecule has 124 valence electrons. The van der Waals surface area contributed by atoms with Gasteiger partial charge in [-0.3, -0.25) is 0 Å². The Balaban J connectivity index is 1.92.